The molecule has 7 heteroatoms. The number of likely N-dealkylation sites (tertiary alicyclic amines) is 1. The Kier molecular flexibility index (Phi) is 4.85. The van der Waals surface area contributed by atoms with Crippen LogP contribution in [0.4, 0.5) is 0 Å². The van der Waals surface area contributed by atoms with Crippen molar-refractivity contribution < 1.29 is 13.2 Å². The molecule has 2 aromatic rings. The zero-order valence-electron chi connectivity index (χ0n) is 12.7. The Balaban J connectivity index is 1.79. The highest BCUT2D eigenvalue weighted by Gasteiger charge is 2.36. The topological polar surface area (TPSA) is 54.5 Å². The first-order valence-electron chi connectivity index (χ1n) is 7.43. The van der Waals surface area contributed by atoms with Crippen LogP contribution in [0.3, 0.4) is 0 Å². The lowest BCUT2D eigenvalue weighted by atomic mass is 10.2. The smallest absolute Gasteiger partial charge is 0.255 e. The summed E-state index contributed by atoms with van der Waals surface area (Å²) in [6, 6.07) is 12.9. The van der Waals surface area contributed by atoms with Crippen LogP contribution in [-0.4, -0.2) is 37.6 Å². The van der Waals surface area contributed by atoms with Gasteiger partial charge < -0.3 is 4.90 Å². The summed E-state index contributed by atoms with van der Waals surface area (Å²) in [6.07, 6.45) is 0.404. The number of carbonyl (C=O) groups is 1. The SMILES string of the molecule is O=C(c1ccccc1Cl)N1CCC(S(=O)(=O)c2ccc(Cl)cc2)C1. The number of halogens is 2. The minimum atomic E-state index is -3.50. The van der Waals surface area contributed by atoms with Gasteiger partial charge in [-0.25, -0.2) is 8.42 Å². The molecule has 1 atom stereocenters. The van der Waals surface area contributed by atoms with Crippen LogP contribution < -0.4 is 0 Å². The van der Waals surface area contributed by atoms with E-state index < -0.39 is 15.1 Å². The van der Waals surface area contributed by atoms with Gasteiger partial charge in [0.15, 0.2) is 9.84 Å². The Hall–Kier alpha value is -1.56. The van der Waals surface area contributed by atoms with E-state index >= 15 is 0 Å². The molecule has 24 heavy (non-hydrogen) atoms. The number of nitrogens with zero attached hydrogens (tertiary/aromatic N) is 1. The molecule has 1 aliphatic heterocycles. The molecule has 1 heterocycles. The highest BCUT2D eigenvalue weighted by molar-refractivity contribution is 7.92. The van der Waals surface area contributed by atoms with Gasteiger partial charge in [-0.3, -0.25) is 4.79 Å². The van der Waals surface area contributed by atoms with E-state index in [1.807, 2.05) is 0 Å². The van der Waals surface area contributed by atoms with Crippen LogP contribution >= 0.6 is 23.2 Å². The van der Waals surface area contributed by atoms with Gasteiger partial charge in [-0.2, -0.15) is 0 Å². The predicted octanol–water partition coefficient (Wildman–Crippen LogP) is 3.68. The summed E-state index contributed by atoms with van der Waals surface area (Å²) in [7, 11) is -3.50. The molecule has 1 fully saturated rings. The maximum Gasteiger partial charge on any atom is 0.255 e. The van der Waals surface area contributed by atoms with Crippen molar-refractivity contribution in [2.24, 2.45) is 0 Å². The Morgan fingerprint density at radius 3 is 2.38 bits per heavy atom. The lowest BCUT2D eigenvalue weighted by Crippen LogP contribution is -2.32. The molecular formula is C17H15Cl2NO3S. The average molecular weight is 384 g/mol. The first kappa shape index (κ1) is 17.3. The Morgan fingerprint density at radius 2 is 1.71 bits per heavy atom. The van der Waals surface area contributed by atoms with E-state index in [1.54, 1.807) is 41.3 Å². The van der Waals surface area contributed by atoms with Crippen molar-refractivity contribution in [2.75, 3.05) is 13.1 Å². The standard InChI is InChI=1S/C17H15Cl2NO3S/c18-12-5-7-13(8-6-12)24(22,23)14-9-10-20(11-14)17(21)15-3-1-2-4-16(15)19/h1-8,14H,9-11H2. The molecule has 1 amide bonds. The Morgan fingerprint density at radius 1 is 1.04 bits per heavy atom. The Bertz CT molecular complexity index is 866. The second-order valence-electron chi connectivity index (χ2n) is 5.64. The summed E-state index contributed by atoms with van der Waals surface area (Å²) < 4.78 is 25.4. The molecule has 1 unspecified atom stereocenters. The van der Waals surface area contributed by atoms with Crippen LogP contribution in [0.5, 0.6) is 0 Å². The van der Waals surface area contributed by atoms with Crippen LogP contribution in [0, 0.1) is 0 Å². The minimum absolute atomic E-state index is 0.162. The van der Waals surface area contributed by atoms with E-state index in [4.69, 9.17) is 23.2 Å². The maximum atomic E-state index is 12.7. The first-order valence-corrected chi connectivity index (χ1v) is 9.73. The molecule has 4 nitrogen and oxygen atoms in total. The molecule has 1 saturated heterocycles. The van der Waals surface area contributed by atoms with E-state index in [2.05, 4.69) is 0 Å². The maximum absolute atomic E-state index is 12.7. The van der Waals surface area contributed by atoms with Crippen LogP contribution in [0.1, 0.15) is 16.8 Å². The van der Waals surface area contributed by atoms with Crippen molar-refractivity contribution in [3.8, 4) is 0 Å². The number of benzene rings is 2. The number of carbonyl (C=O) groups excluding carboxylic acids is 1. The predicted molar refractivity (Wildman–Crippen MR) is 94.4 cm³/mol. The summed E-state index contributed by atoms with van der Waals surface area (Å²) in [5.74, 6) is -0.241. The average Bonchev–Trinajstić information content (AvgIpc) is 3.06. The number of rotatable bonds is 3. The normalized spacial score (nSPS) is 17.9. The summed E-state index contributed by atoms with van der Waals surface area (Å²) in [6.45, 7) is 0.552. The monoisotopic (exact) mass is 383 g/mol. The van der Waals surface area contributed by atoms with E-state index in [9.17, 15) is 13.2 Å². The lowest BCUT2D eigenvalue weighted by Gasteiger charge is -2.17. The molecule has 0 saturated carbocycles. The van der Waals surface area contributed by atoms with Gasteiger partial charge in [0.05, 0.1) is 20.7 Å². The van der Waals surface area contributed by atoms with E-state index in [0.717, 1.165) is 0 Å². The zero-order chi connectivity index (χ0) is 17.3. The van der Waals surface area contributed by atoms with Gasteiger partial charge in [-0.1, -0.05) is 35.3 Å². The first-order chi connectivity index (χ1) is 11.4. The van der Waals surface area contributed by atoms with Gasteiger partial charge in [0.1, 0.15) is 0 Å². The molecule has 2 aromatic carbocycles. The summed E-state index contributed by atoms with van der Waals surface area (Å²) in [5.41, 5.74) is 0.392. The number of hydrogen-bond donors (Lipinski definition) is 0. The highest BCUT2D eigenvalue weighted by Crippen LogP contribution is 2.27. The number of sulfone groups is 1. The molecule has 0 aromatic heterocycles. The van der Waals surface area contributed by atoms with Crippen molar-refractivity contribution in [3.05, 3.63) is 64.1 Å². The summed E-state index contributed by atoms with van der Waals surface area (Å²) >= 11 is 11.9. The summed E-state index contributed by atoms with van der Waals surface area (Å²) in [5, 5.41) is 0.229. The summed E-state index contributed by atoms with van der Waals surface area (Å²) in [4.78, 5) is 14.3. The molecule has 126 valence electrons. The van der Waals surface area contributed by atoms with Crippen molar-refractivity contribution in [1.82, 2.24) is 4.90 Å². The quantitative estimate of drug-likeness (QED) is 0.811. The molecule has 3 rings (SSSR count). The van der Waals surface area contributed by atoms with Gasteiger partial charge >= 0.3 is 0 Å². The second kappa shape index (κ2) is 6.75. The number of amides is 1. The van der Waals surface area contributed by atoms with Crippen molar-refractivity contribution in [3.63, 3.8) is 0 Å². The van der Waals surface area contributed by atoms with Gasteiger partial charge in [0.2, 0.25) is 0 Å². The van der Waals surface area contributed by atoms with Crippen LogP contribution in [0.2, 0.25) is 10.0 Å². The van der Waals surface area contributed by atoms with E-state index in [1.165, 1.54) is 12.1 Å². The largest absolute Gasteiger partial charge is 0.337 e. The van der Waals surface area contributed by atoms with Crippen molar-refractivity contribution in [2.45, 2.75) is 16.6 Å². The molecule has 0 aliphatic carbocycles. The van der Waals surface area contributed by atoms with Crippen molar-refractivity contribution in [1.29, 1.82) is 0 Å². The molecular weight excluding hydrogens is 369 g/mol. The molecule has 0 radical (unpaired) electrons. The van der Waals surface area contributed by atoms with Crippen LogP contribution in [0.25, 0.3) is 0 Å². The third-order valence-electron chi connectivity index (χ3n) is 4.12. The highest BCUT2D eigenvalue weighted by atomic mass is 35.5. The zero-order valence-corrected chi connectivity index (χ0v) is 15.0. The van der Waals surface area contributed by atoms with Gasteiger partial charge in [-0.15, -0.1) is 0 Å². The van der Waals surface area contributed by atoms with Gasteiger partial charge in [0, 0.05) is 18.1 Å². The molecule has 0 spiro atoms. The van der Waals surface area contributed by atoms with E-state index in [0.29, 0.717) is 28.6 Å². The second-order valence-corrected chi connectivity index (χ2v) is 8.71. The van der Waals surface area contributed by atoms with E-state index in [-0.39, 0.29) is 17.3 Å². The fourth-order valence-electron chi connectivity index (χ4n) is 2.79. The van der Waals surface area contributed by atoms with Crippen LogP contribution in [0.15, 0.2) is 53.4 Å². The molecule has 0 bridgehead atoms. The minimum Gasteiger partial charge on any atom is -0.337 e. The Labute approximate surface area is 150 Å². The fraction of sp³-hybridized carbons (Fsp3) is 0.235. The third kappa shape index (κ3) is 3.29. The third-order valence-corrected chi connectivity index (χ3v) is 6.89. The lowest BCUT2D eigenvalue weighted by molar-refractivity contribution is 0.0793. The molecule has 0 N–H and O–H groups in total. The fourth-order valence-corrected chi connectivity index (χ4v) is 4.82. The van der Waals surface area contributed by atoms with Crippen LogP contribution in [-0.2, 0) is 9.84 Å². The van der Waals surface area contributed by atoms with Gasteiger partial charge in [-0.05, 0) is 42.8 Å². The number of hydrogen-bond acceptors (Lipinski definition) is 3. The molecule has 1 aliphatic rings. The van der Waals surface area contributed by atoms with Crippen molar-refractivity contribution >= 4 is 38.9 Å². The van der Waals surface area contributed by atoms with Gasteiger partial charge in [0.25, 0.3) is 5.91 Å².